The lowest BCUT2D eigenvalue weighted by atomic mass is 9.63. The van der Waals surface area contributed by atoms with Crippen LogP contribution in [0.4, 0.5) is 22.0 Å². The molecule has 7 rings (SSSR count). The molecule has 0 saturated heterocycles. The predicted molar refractivity (Wildman–Crippen MR) is 229 cm³/mol. The van der Waals surface area contributed by atoms with Gasteiger partial charge in [-0.15, -0.1) is 0 Å². The highest BCUT2D eigenvalue weighted by Gasteiger charge is 2.70. The molecule has 0 aromatic heterocycles. The van der Waals surface area contributed by atoms with Crippen molar-refractivity contribution in [3.05, 3.63) is 251 Å². The Balaban J connectivity index is 0.000000208. The van der Waals surface area contributed by atoms with Crippen molar-refractivity contribution in [1.82, 2.24) is 0 Å². The minimum Gasteiger partial charge on any atom is -0.446 e. The highest BCUT2D eigenvalue weighted by molar-refractivity contribution is 5.76. The van der Waals surface area contributed by atoms with Crippen LogP contribution in [0.3, 0.4) is 0 Å². The molecule has 0 aliphatic rings. The van der Waals surface area contributed by atoms with Crippen molar-refractivity contribution in [1.29, 1.82) is 0 Å². The SMILES string of the molecule is CC(C)(C)C(=O)OC(C(F)(F)F)C(F)(F)C(c1ccccc1)(c1ccccc1)c1ccccc1.Cc1ccc(C(c2ccccc2)(c2ccccc2)c2ccccc2)cc1. The van der Waals surface area contributed by atoms with Gasteiger partial charge in [0.15, 0.2) is 0 Å². The van der Waals surface area contributed by atoms with E-state index in [1.165, 1.54) is 121 Å². The van der Waals surface area contributed by atoms with Crippen LogP contribution in [0.2, 0.25) is 0 Å². The molecular weight excluding hydrogens is 764 g/mol. The van der Waals surface area contributed by atoms with E-state index < -0.39 is 35.0 Å². The fraction of sp³-hybridized carbons (Fsp3) is 0.189. The van der Waals surface area contributed by atoms with Crippen molar-refractivity contribution in [2.75, 3.05) is 0 Å². The summed E-state index contributed by atoms with van der Waals surface area (Å²) in [4.78, 5) is 12.4. The van der Waals surface area contributed by atoms with Crippen LogP contribution in [-0.2, 0) is 20.4 Å². The number of carbonyl (C=O) groups is 1. The number of ether oxygens (including phenoxy) is 1. The molecule has 1 atom stereocenters. The maximum absolute atomic E-state index is 16.7. The molecular formula is C53H47F5O2. The Bertz CT molecular complexity index is 2200. The highest BCUT2D eigenvalue weighted by Crippen LogP contribution is 2.55. The maximum Gasteiger partial charge on any atom is 0.431 e. The van der Waals surface area contributed by atoms with Crippen molar-refractivity contribution < 1.29 is 31.5 Å². The van der Waals surface area contributed by atoms with E-state index in [2.05, 4.69) is 127 Å². The molecule has 306 valence electrons. The summed E-state index contributed by atoms with van der Waals surface area (Å²) in [5.74, 6) is -6.02. The van der Waals surface area contributed by atoms with Gasteiger partial charge in [-0.25, -0.2) is 8.78 Å². The molecule has 60 heavy (non-hydrogen) atoms. The van der Waals surface area contributed by atoms with Gasteiger partial charge in [-0.05, 0) is 66.6 Å². The van der Waals surface area contributed by atoms with Crippen LogP contribution in [0.25, 0.3) is 0 Å². The minimum atomic E-state index is -5.55. The van der Waals surface area contributed by atoms with Crippen molar-refractivity contribution in [3.8, 4) is 0 Å². The molecule has 0 heterocycles. The van der Waals surface area contributed by atoms with Gasteiger partial charge in [0.05, 0.1) is 10.8 Å². The molecule has 0 aliphatic carbocycles. The number of benzene rings is 7. The number of halogens is 5. The third kappa shape index (κ3) is 8.53. The number of aryl methyl sites for hydroxylation is 1. The number of alkyl halides is 5. The first-order valence-electron chi connectivity index (χ1n) is 19.7. The van der Waals surface area contributed by atoms with Crippen molar-refractivity contribution in [2.45, 2.75) is 56.7 Å². The molecule has 0 amide bonds. The van der Waals surface area contributed by atoms with E-state index in [-0.39, 0.29) is 22.1 Å². The van der Waals surface area contributed by atoms with E-state index in [0.717, 1.165) is 0 Å². The number of hydrogen-bond acceptors (Lipinski definition) is 2. The van der Waals surface area contributed by atoms with Crippen LogP contribution < -0.4 is 0 Å². The molecule has 0 saturated carbocycles. The molecule has 0 fully saturated rings. The zero-order valence-corrected chi connectivity index (χ0v) is 33.9. The molecule has 7 heteroatoms. The van der Waals surface area contributed by atoms with Crippen LogP contribution in [-0.4, -0.2) is 24.2 Å². The second-order valence-corrected chi connectivity index (χ2v) is 15.8. The topological polar surface area (TPSA) is 26.3 Å². The molecule has 7 aromatic rings. The van der Waals surface area contributed by atoms with Gasteiger partial charge in [0, 0.05) is 0 Å². The summed E-state index contributed by atoms with van der Waals surface area (Å²) < 4.78 is 80.9. The smallest absolute Gasteiger partial charge is 0.431 e. The average Bonchev–Trinajstić information content (AvgIpc) is 3.25. The molecule has 0 spiro atoms. The lowest BCUT2D eigenvalue weighted by Crippen LogP contribution is -2.60. The molecule has 0 aliphatic heterocycles. The van der Waals surface area contributed by atoms with Crippen LogP contribution in [0.1, 0.15) is 65.3 Å². The van der Waals surface area contributed by atoms with Gasteiger partial charge in [-0.1, -0.05) is 212 Å². The van der Waals surface area contributed by atoms with Gasteiger partial charge in [0.2, 0.25) is 0 Å². The Morgan fingerprint density at radius 3 is 0.950 bits per heavy atom. The van der Waals surface area contributed by atoms with Crippen molar-refractivity contribution in [3.63, 3.8) is 0 Å². The number of rotatable bonds is 10. The zero-order valence-electron chi connectivity index (χ0n) is 33.9. The van der Waals surface area contributed by atoms with Gasteiger partial charge in [0.25, 0.3) is 6.10 Å². The van der Waals surface area contributed by atoms with Gasteiger partial charge < -0.3 is 4.74 Å². The number of esters is 1. The largest absolute Gasteiger partial charge is 0.446 e. The standard InChI is InChI=1S/C27H25F5O2.C26H22/c1-24(2,3)23(33)34-22(27(30,31)32)26(28,29)25(19-13-7-4-8-14-19,20-15-9-5-10-16-20)21-17-11-6-12-18-21;1-21-17-19-25(20-18-21)26(22-11-5-2-6-12-22,23-13-7-3-8-14-23)24-15-9-4-10-16-24/h4-18,22H,1-3H3;2-20H,1H3. The second-order valence-electron chi connectivity index (χ2n) is 15.8. The number of carbonyl (C=O) groups excluding carboxylic acids is 1. The van der Waals surface area contributed by atoms with E-state index in [1.54, 1.807) is 18.2 Å². The molecule has 0 radical (unpaired) electrons. The van der Waals surface area contributed by atoms with Crippen LogP contribution in [0, 0.1) is 12.3 Å². The highest BCUT2D eigenvalue weighted by atomic mass is 19.4. The summed E-state index contributed by atoms with van der Waals surface area (Å²) in [5.41, 5.74) is 1.81. The summed E-state index contributed by atoms with van der Waals surface area (Å²) in [5, 5.41) is 0. The van der Waals surface area contributed by atoms with Crippen molar-refractivity contribution >= 4 is 5.97 Å². The van der Waals surface area contributed by atoms with Gasteiger partial charge in [-0.3, -0.25) is 4.79 Å². The Kier molecular flexibility index (Phi) is 12.9. The summed E-state index contributed by atoms with van der Waals surface area (Å²) in [7, 11) is 0. The summed E-state index contributed by atoms with van der Waals surface area (Å²) in [6.07, 6.45) is -9.25. The fourth-order valence-corrected chi connectivity index (χ4v) is 7.84. The zero-order chi connectivity index (χ0) is 43.0. The molecule has 2 nitrogen and oxygen atoms in total. The van der Waals surface area contributed by atoms with E-state index in [4.69, 9.17) is 0 Å². The fourth-order valence-electron chi connectivity index (χ4n) is 7.84. The first-order chi connectivity index (χ1) is 28.6. The summed E-state index contributed by atoms with van der Waals surface area (Å²) in [6, 6.07) is 63.2. The van der Waals surface area contributed by atoms with E-state index in [9.17, 15) is 18.0 Å². The van der Waals surface area contributed by atoms with Gasteiger partial charge >= 0.3 is 18.1 Å². The summed E-state index contributed by atoms with van der Waals surface area (Å²) >= 11 is 0. The minimum absolute atomic E-state index is 0.0709. The predicted octanol–water partition coefficient (Wildman–Crippen LogP) is 13.6. The Hall–Kier alpha value is -6.34. The Labute approximate surface area is 349 Å². The first kappa shape index (κ1) is 43.2. The summed E-state index contributed by atoms with van der Waals surface area (Å²) in [6.45, 7) is 6.05. The Morgan fingerprint density at radius 2 is 0.683 bits per heavy atom. The first-order valence-corrected chi connectivity index (χ1v) is 19.7. The number of hydrogen-bond donors (Lipinski definition) is 0. The third-order valence-electron chi connectivity index (χ3n) is 10.7. The van der Waals surface area contributed by atoms with Gasteiger partial charge in [0.1, 0.15) is 5.41 Å². The van der Waals surface area contributed by atoms with Crippen LogP contribution >= 0.6 is 0 Å². The molecule has 1 unspecified atom stereocenters. The molecule has 0 bridgehead atoms. The lowest BCUT2D eigenvalue weighted by molar-refractivity contribution is -0.289. The van der Waals surface area contributed by atoms with Crippen molar-refractivity contribution in [2.24, 2.45) is 5.41 Å². The van der Waals surface area contributed by atoms with E-state index in [1.807, 2.05) is 0 Å². The maximum atomic E-state index is 16.7. The normalized spacial score (nSPS) is 12.8. The Morgan fingerprint density at radius 1 is 0.417 bits per heavy atom. The van der Waals surface area contributed by atoms with Gasteiger partial charge in [-0.2, -0.15) is 13.2 Å². The van der Waals surface area contributed by atoms with E-state index in [0.29, 0.717) is 0 Å². The van der Waals surface area contributed by atoms with E-state index >= 15 is 8.78 Å². The third-order valence-corrected chi connectivity index (χ3v) is 10.7. The quantitative estimate of drug-likeness (QED) is 0.0781. The monoisotopic (exact) mass is 810 g/mol. The molecule has 0 N–H and O–H groups in total. The second kappa shape index (κ2) is 17.9. The molecule has 7 aromatic carbocycles. The van der Waals surface area contributed by atoms with Crippen LogP contribution in [0.5, 0.6) is 0 Å². The lowest BCUT2D eigenvalue weighted by Gasteiger charge is -2.45. The van der Waals surface area contributed by atoms with Crippen LogP contribution in [0.15, 0.2) is 206 Å². The average molecular weight is 811 g/mol.